The Hall–Kier alpha value is -0.850. The number of morpholine rings is 1. The molecular formula is C10H18ClN3O3. The lowest BCUT2D eigenvalue weighted by atomic mass is 10.1. The Morgan fingerprint density at radius 3 is 2.94 bits per heavy atom. The standard InChI is InChI=1S/C10H17N3O3.ClH/c11-4-8-6-13(1-2-16-8)10(15)7-3-9(14)12-5-7;/h7-8H,1-6,11H2,(H,12,14);1H. The maximum atomic E-state index is 12.0. The van der Waals surface area contributed by atoms with Crippen molar-refractivity contribution in [1.29, 1.82) is 0 Å². The van der Waals surface area contributed by atoms with E-state index in [4.69, 9.17) is 10.5 Å². The fraction of sp³-hybridized carbons (Fsp3) is 0.800. The zero-order valence-electron chi connectivity index (χ0n) is 9.55. The molecule has 6 nitrogen and oxygen atoms in total. The molecule has 2 rings (SSSR count). The van der Waals surface area contributed by atoms with Crippen LogP contribution in [-0.2, 0) is 14.3 Å². The van der Waals surface area contributed by atoms with Crippen LogP contribution in [0.25, 0.3) is 0 Å². The molecule has 2 atom stereocenters. The molecule has 2 aliphatic rings. The number of nitrogens with two attached hydrogens (primary N) is 1. The number of nitrogens with one attached hydrogen (secondary N) is 1. The molecule has 17 heavy (non-hydrogen) atoms. The van der Waals surface area contributed by atoms with E-state index in [-0.39, 0.29) is 36.2 Å². The van der Waals surface area contributed by atoms with Crippen LogP contribution in [0, 0.1) is 5.92 Å². The summed E-state index contributed by atoms with van der Waals surface area (Å²) in [5, 5.41) is 2.67. The van der Waals surface area contributed by atoms with Crippen LogP contribution in [0.5, 0.6) is 0 Å². The molecule has 0 aliphatic carbocycles. The highest BCUT2D eigenvalue weighted by atomic mass is 35.5. The van der Waals surface area contributed by atoms with Crippen LogP contribution >= 0.6 is 12.4 Å². The number of carbonyl (C=O) groups is 2. The van der Waals surface area contributed by atoms with Crippen molar-refractivity contribution in [3.8, 4) is 0 Å². The molecule has 98 valence electrons. The van der Waals surface area contributed by atoms with Gasteiger partial charge in [0.1, 0.15) is 0 Å². The number of carbonyl (C=O) groups excluding carboxylic acids is 2. The SMILES string of the molecule is Cl.NCC1CN(C(=O)C2CNC(=O)C2)CCO1. The summed E-state index contributed by atoms with van der Waals surface area (Å²) in [6.07, 6.45) is 0.242. The minimum Gasteiger partial charge on any atom is -0.373 e. The molecule has 2 heterocycles. The van der Waals surface area contributed by atoms with Gasteiger partial charge < -0.3 is 20.7 Å². The van der Waals surface area contributed by atoms with E-state index < -0.39 is 0 Å². The molecule has 0 spiro atoms. The molecule has 0 radical (unpaired) electrons. The second-order valence-corrected chi connectivity index (χ2v) is 4.22. The van der Waals surface area contributed by atoms with Gasteiger partial charge >= 0.3 is 0 Å². The summed E-state index contributed by atoms with van der Waals surface area (Å²) in [6.45, 7) is 2.55. The number of nitrogens with zero attached hydrogens (tertiary/aromatic N) is 1. The lowest BCUT2D eigenvalue weighted by molar-refractivity contribution is -0.142. The van der Waals surface area contributed by atoms with Gasteiger partial charge in [-0.3, -0.25) is 9.59 Å². The first-order valence-corrected chi connectivity index (χ1v) is 5.58. The average Bonchev–Trinajstić information content (AvgIpc) is 2.75. The van der Waals surface area contributed by atoms with Gasteiger partial charge in [-0.1, -0.05) is 0 Å². The zero-order valence-corrected chi connectivity index (χ0v) is 10.4. The quantitative estimate of drug-likeness (QED) is 0.651. The van der Waals surface area contributed by atoms with Crippen molar-refractivity contribution in [2.75, 3.05) is 32.8 Å². The maximum absolute atomic E-state index is 12.0. The van der Waals surface area contributed by atoms with Gasteiger partial charge in [-0.05, 0) is 0 Å². The predicted molar refractivity (Wildman–Crippen MR) is 63.7 cm³/mol. The van der Waals surface area contributed by atoms with Crippen LogP contribution in [0.15, 0.2) is 0 Å². The fourth-order valence-electron chi connectivity index (χ4n) is 2.10. The van der Waals surface area contributed by atoms with Gasteiger partial charge in [0.05, 0.1) is 18.6 Å². The Labute approximate surface area is 106 Å². The van der Waals surface area contributed by atoms with E-state index in [0.717, 1.165) is 0 Å². The minimum atomic E-state index is -0.205. The average molecular weight is 264 g/mol. The Kier molecular flexibility index (Phi) is 5.17. The monoisotopic (exact) mass is 263 g/mol. The van der Waals surface area contributed by atoms with Gasteiger partial charge in [0, 0.05) is 32.6 Å². The number of hydrogen-bond acceptors (Lipinski definition) is 4. The third-order valence-electron chi connectivity index (χ3n) is 3.04. The lowest BCUT2D eigenvalue weighted by Crippen LogP contribution is -2.50. The molecule has 0 saturated carbocycles. The van der Waals surface area contributed by atoms with E-state index >= 15 is 0 Å². The van der Waals surface area contributed by atoms with Gasteiger partial charge in [-0.2, -0.15) is 0 Å². The van der Waals surface area contributed by atoms with Crippen LogP contribution in [-0.4, -0.2) is 55.6 Å². The maximum Gasteiger partial charge on any atom is 0.228 e. The van der Waals surface area contributed by atoms with Crippen molar-refractivity contribution in [2.45, 2.75) is 12.5 Å². The highest BCUT2D eigenvalue weighted by Crippen LogP contribution is 2.15. The van der Waals surface area contributed by atoms with E-state index in [1.165, 1.54) is 0 Å². The van der Waals surface area contributed by atoms with Crippen molar-refractivity contribution in [2.24, 2.45) is 11.7 Å². The summed E-state index contributed by atoms with van der Waals surface area (Å²) in [5.41, 5.74) is 5.51. The topological polar surface area (TPSA) is 84.7 Å². The first-order valence-electron chi connectivity index (χ1n) is 5.58. The summed E-state index contributed by atoms with van der Waals surface area (Å²) in [4.78, 5) is 24.8. The lowest BCUT2D eigenvalue weighted by Gasteiger charge is -2.33. The smallest absolute Gasteiger partial charge is 0.228 e. The molecule has 0 aromatic rings. The third-order valence-corrected chi connectivity index (χ3v) is 3.04. The largest absolute Gasteiger partial charge is 0.373 e. The fourth-order valence-corrected chi connectivity index (χ4v) is 2.10. The van der Waals surface area contributed by atoms with Crippen molar-refractivity contribution in [1.82, 2.24) is 10.2 Å². The molecular weight excluding hydrogens is 246 g/mol. The molecule has 2 saturated heterocycles. The van der Waals surface area contributed by atoms with E-state index in [2.05, 4.69) is 5.32 Å². The minimum absolute atomic E-state index is 0. The van der Waals surface area contributed by atoms with Crippen LogP contribution in [0.1, 0.15) is 6.42 Å². The summed E-state index contributed by atoms with van der Waals surface area (Å²) < 4.78 is 5.39. The zero-order chi connectivity index (χ0) is 11.5. The van der Waals surface area contributed by atoms with Crippen molar-refractivity contribution in [3.63, 3.8) is 0 Å². The van der Waals surface area contributed by atoms with E-state index in [9.17, 15) is 9.59 Å². The highest BCUT2D eigenvalue weighted by molar-refractivity contribution is 5.89. The molecule has 0 aromatic heterocycles. The number of ether oxygens (including phenoxy) is 1. The van der Waals surface area contributed by atoms with E-state index in [1.54, 1.807) is 4.90 Å². The van der Waals surface area contributed by atoms with Gasteiger partial charge in [0.15, 0.2) is 0 Å². The number of halogens is 1. The molecule has 0 bridgehead atoms. The summed E-state index contributed by atoms with van der Waals surface area (Å²) >= 11 is 0. The van der Waals surface area contributed by atoms with Gasteiger partial charge in [0.2, 0.25) is 11.8 Å². The van der Waals surface area contributed by atoms with Crippen molar-refractivity contribution in [3.05, 3.63) is 0 Å². The van der Waals surface area contributed by atoms with Crippen LogP contribution in [0.3, 0.4) is 0 Å². The molecule has 2 fully saturated rings. The second kappa shape index (κ2) is 6.18. The molecule has 3 N–H and O–H groups in total. The Balaban J connectivity index is 0.00000144. The third kappa shape index (κ3) is 3.31. The Morgan fingerprint density at radius 1 is 1.59 bits per heavy atom. The van der Waals surface area contributed by atoms with E-state index in [1.807, 2.05) is 0 Å². The van der Waals surface area contributed by atoms with Crippen LogP contribution in [0.4, 0.5) is 0 Å². The predicted octanol–water partition coefficient (Wildman–Crippen LogP) is -1.27. The number of amides is 2. The van der Waals surface area contributed by atoms with Crippen LogP contribution < -0.4 is 11.1 Å². The molecule has 2 aliphatic heterocycles. The number of hydrogen-bond donors (Lipinski definition) is 2. The summed E-state index contributed by atoms with van der Waals surface area (Å²) in [7, 11) is 0. The van der Waals surface area contributed by atoms with Crippen molar-refractivity contribution < 1.29 is 14.3 Å². The molecule has 2 amide bonds. The van der Waals surface area contributed by atoms with Gasteiger partial charge in [-0.15, -0.1) is 12.4 Å². The summed E-state index contributed by atoms with van der Waals surface area (Å²) in [6, 6.07) is 0. The van der Waals surface area contributed by atoms with Gasteiger partial charge in [-0.25, -0.2) is 0 Å². The Morgan fingerprint density at radius 2 is 2.35 bits per heavy atom. The molecule has 7 heteroatoms. The first kappa shape index (κ1) is 14.2. The van der Waals surface area contributed by atoms with Crippen molar-refractivity contribution >= 4 is 24.2 Å². The molecule has 0 aromatic carbocycles. The summed E-state index contributed by atoms with van der Waals surface area (Å²) in [5.74, 6) is -0.203. The highest BCUT2D eigenvalue weighted by Gasteiger charge is 2.33. The van der Waals surface area contributed by atoms with Gasteiger partial charge in [0.25, 0.3) is 0 Å². The normalized spacial score (nSPS) is 28.5. The van der Waals surface area contributed by atoms with E-state index in [0.29, 0.717) is 39.2 Å². The molecule has 2 unspecified atom stereocenters. The first-order chi connectivity index (χ1) is 7.70. The van der Waals surface area contributed by atoms with Crippen LogP contribution in [0.2, 0.25) is 0 Å². The second-order valence-electron chi connectivity index (χ2n) is 4.22. The Bertz CT molecular complexity index is 301. The number of rotatable bonds is 2.